The van der Waals surface area contributed by atoms with Crippen LogP contribution in [-0.4, -0.2) is 34.1 Å². The summed E-state index contributed by atoms with van der Waals surface area (Å²) in [5.74, 6) is 0.754. The van der Waals surface area contributed by atoms with Crippen molar-refractivity contribution in [1.82, 2.24) is 0 Å². The summed E-state index contributed by atoms with van der Waals surface area (Å²) >= 11 is 1.70. The molecule has 0 amide bonds. The van der Waals surface area contributed by atoms with Crippen LogP contribution in [0.5, 0.6) is 5.75 Å². The van der Waals surface area contributed by atoms with E-state index in [1.54, 1.807) is 11.8 Å². The van der Waals surface area contributed by atoms with E-state index in [9.17, 15) is 14.9 Å². The van der Waals surface area contributed by atoms with E-state index in [-0.39, 0.29) is 5.56 Å². The molecule has 1 rings (SSSR count). The first-order valence-electron chi connectivity index (χ1n) is 5.28. The minimum atomic E-state index is -1.34. The van der Waals surface area contributed by atoms with Crippen molar-refractivity contribution in [3.63, 3.8) is 0 Å². The fourth-order valence-corrected chi connectivity index (χ4v) is 1.79. The second-order valence-electron chi connectivity index (χ2n) is 3.29. The molecule has 0 aliphatic carbocycles. The predicted molar refractivity (Wildman–Crippen MR) is 68.5 cm³/mol. The van der Waals surface area contributed by atoms with Crippen LogP contribution in [0.4, 0.5) is 5.69 Å². The zero-order valence-corrected chi connectivity index (χ0v) is 10.6. The van der Waals surface area contributed by atoms with Crippen LogP contribution in [0.25, 0.3) is 0 Å². The number of carbonyl (C=O) groups is 1. The molecule has 98 valence electrons. The fraction of sp³-hybridized carbons (Fsp3) is 0.364. The molecule has 1 N–H and O–H groups in total. The Hall–Kier alpha value is -1.76. The zero-order chi connectivity index (χ0) is 13.5. The van der Waals surface area contributed by atoms with Gasteiger partial charge in [-0.3, -0.25) is 10.1 Å². The SMILES string of the molecule is CCSCCOc1ccc([N+](=O)[O-])c(C(=O)O)c1. The third-order valence-electron chi connectivity index (χ3n) is 2.10. The van der Waals surface area contributed by atoms with Crippen LogP contribution in [-0.2, 0) is 0 Å². The lowest BCUT2D eigenvalue weighted by molar-refractivity contribution is -0.385. The number of carboxylic acid groups (broad SMARTS) is 1. The Labute approximate surface area is 108 Å². The number of nitrogens with zero attached hydrogens (tertiary/aromatic N) is 1. The van der Waals surface area contributed by atoms with E-state index in [1.807, 2.05) is 6.92 Å². The molecule has 0 aliphatic heterocycles. The van der Waals surface area contributed by atoms with Gasteiger partial charge in [-0.25, -0.2) is 4.79 Å². The number of benzene rings is 1. The van der Waals surface area contributed by atoms with Gasteiger partial charge in [0, 0.05) is 17.9 Å². The van der Waals surface area contributed by atoms with Crippen LogP contribution in [0, 0.1) is 10.1 Å². The van der Waals surface area contributed by atoms with Gasteiger partial charge in [0.1, 0.15) is 11.3 Å². The third kappa shape index (κ3) is 3.92. The van der Waals surface area contributed by atoms with Crippen molar-refractivity contribution in [2.75, 3.05) is 18.1 Å². The lowest BCUT2D eigenvalue weighted by Gasteiger charge is -2.06. The van der Waals surface area contributed by atoms with Gasteiger partial charge >= 0.3 is 5.97 Å². The Balaban J connectivity index is 2.80. The second-order valence-corrected chi connectivity index (χ2v) is 4.68. The van der Waals surface area contributed by atoms with Gasteiger partial charge in [0.15, 0.2) is 0 Å². The molecule has 1 aromatic rings. The number of aromatic carboxylic acids is 1. The molecule has 0 radical (unpaired) electrons. The molecule has 18 heavy (non-hydrogen) atoms. The largest absolute Gasteiger partial charge is 0.493 e. The van der Waals surface area contributed by atoms with E-state index in [1.165, 1.54) is 12.1 Å². The first-order valence-corrected chi connectivity index (χ1v) is 6.44. The van der Waals surface area contributed by atoms with Gasteiger partial charge < -0.3 is 9.84 Å². The number of nitro groups is 1. The maximum atomic E-state index is 10.9. The van der Waals surface area contributed by atoms with E-state index in [0.717, 1.165) is 17.6 Å². The molecular weight excluding hydrogens is 258 g/mol. The number of ether oxygens (including phenoxy) is 1. The van der Waals surface area contributed by atoms with Gasteiger partial charge in [-0.1, -0.05) is 6.92 Å². The molecule has 0 aliphatic rings. The number of hydrogen-bond acceptors (Lipinski definition) is 5. The van der Waals surface area contributed by atoms with Crippen LogP contribution < -0.4 is 4.74 Å². The first kappa shape index (κ1) is 14.3. The quantitative estimate of drug-likeness (QED) is 0.465. The summed E-state index contributed by atoms with van der Waals surface area (Å²) in [6.45, 7) is 2.47. The maximum absolute atomic E-state index is 10.9. The number of rotatable bonds is 7. The van der Waals surface area contributed by atoms with Crippen molar-refractivity contribution in [3.05, 3.63) is 33.9 Å². The van der Waals surface area contributed by atoms with Crippen molar-refractivity contribution < 1.29 is 19.6 Å². The molecule has 7 heteroatoms. The molecule has 0 aromatic heterocycles. The van der Waals surface area contributed by atoms with Crippen molar-refractivity contribution in [2.24, 2.45) is 0 Å². The second kappa shape index (κ2) is 6.85. The molecule has 6 nitrogen and oxygen atoms in total. The third-order valence-corrected chi connectivity index (χ3v) is 2.96. The highest BCUT2D eigenvalue weighted by Crippen LogP contribution is 2.24. The summed E-state index contributed by atoms with van der Waals surface area (Å²) in [6.07, 6.45) is 0. The maximum Gasteiger partial charge on any atom is 0.342 e. The minimum absolute atomic E-state index is 0.328. The molecule has 0 saturated carbocycles. The van der Waals surface area contributed by atoms with Crippen molar-refractivity contribution in [1.29, 1.82) is 0 Å². The number of hydrogen-bond donors (Lipinski definition) is 1. The lowest BCUT2D eigenvalue weighted by Crippen LogP contribution is -2.05. The number of thioether (sulfide) groups is 1. The molecule has 0 fully saturated rings. The van der Waals surface area contributed by atoms with Crippen LogP contribution in [0.1, 0.15) is 17.3 Å². The topological polar surface area (TPSA) is 89.7 Å². The van der Waals surface area contributed by atoms with Gasteiger partial charge in [0.2, 0.25) is 0 Å². The van der Waals surface area contributed by atoms with Crippen molar-refractivity contribution in [2.45, 2.75) is 6.92 Å². The van der Waals surface area contributed by atoms with E-state index in [0.29, 0.717) is 12.4 Å². The summed E-state index contributed by atoms with van der Waals surface area (Å²) in [5.41, 5.74) is -0.793. The summed E-state index contributed by atoms with van der Waals surface area (Å²) in [6, 6.07) is 3.73. The first-order chi connectivity index (χ1) is 8.56. The van der Waals surface area contributed by atoms with Crippen molar-refractivity contribution >= 4 is 23.4 Å². The van der Waals surface area contributed by atoms with Gasteiger partial charge in [-0.05, 0) is 11.8 Å². The van der Waals surface area contributed by atoms with Gasteiger partial charge in [-0.15, -0.1) is 0 Å². The van der Waals surface area contributed by atoms with E-state index < -0.39 is 16.6 Å². The Morgan fingerprint density at radius 1 is 1.56 bits per heavy atom. The normalized spacial score (nSPS) is 10.1. The molecule has 0 heterocycles. The highest BCUT2D eigenvalue weighted by molar-refractivity contribution is 7.99. The smallest absolute Gasteiger partial charge is 0.342 e. The van der Waals surface area contributed by atoms with E-state index >= 15 is 0 Å². The Morgan fingerprint density at radius 2 is 2.28 bits per heavy atom. The molecular formula is C11H13NO5S. The molecule has 0 atom stereocenters. The average Bonchev–Trinajstić information content (AvgIpc) is 2.34. The van der Waals surface area contributed by atoms with Crippen LogP contribution in [0.15, 0.2) is 18.2 Å². The standard InChI is InChI=1S/C11H13NO5S/c1-2-18-6-5-17-8-3-4-10(12(15)16)9(7-8)11(13)14/h3-4,7H,2,5-6H2,1H3,(H,13,14). The van der Waals surface area contributed by atoms with Gasteiger partial charge in [0.25, 0.3) is 5.69 Å². The van der Waals surface area contributed by atoms with E-state index in [4.69, 9.17) is 9.84 Å². The van der Waals surface area contributed by atoms with Crippen LogP contribution in [0.2, 0.25) is 0 Å². The van der Waals surface area contributed by atoms with Crippen LogP contribution in [0.3, 0.4) is 0 Å². The molecule has 0 unspecified atom stereocenters. The number of nitro benzene ring substituents is 1. The highest BCUT2D eigenvalue weighted by Gasteiger charge is 2.20. The summed E-state index contributed by atoms with van der Waals surface area (Å²) < 4.78 is 5.33. The summed E-state index contributed by atoms with van der Waals surface area (Å²) in [5, 5.41) is 19.5. The van der Waals surface area contributed by atoms with Gasteiger partial charge in [0.05, 0.1) is 11.5 Å². The molecule has 0 bridgehead atoms. The predicted octanol–water partition coefficient (Wildman–Crippen LogP) is 2.42. The van der Waals surface area contributed by atoms with E-state index in [2.05, 4.69) is 0 Å². The Kier molecular flexibility index (Phi) is 5.44. The monoisotopic (exact) mass is 271 g/mol. The molecule has 0 spiro atoms. The average molecular weight is 271 g/mol. The Morgan fingerprint density at radius 3 is 2.83 bits per heavy atom. The zero-order valence-electron chi connectivity index (χ0n) is 9.79. The Bertz CT molecular complexity index is 449. The highest BCUT2D eigenvalue weighted by atomic mass is 32.2. The minimum Gasteiger partial charge on any atom is -0.493 e. The summed E-state index contributed by atoms with van der Waals surface area (Å²) in [7, 11) is 0. The summed E-state index contributed by atoms with van der Waals surface area (Å²) in [4.78, 5) is 20.8. The lowest BCUT2D eigenvalue weighted by atomic mass is 10.2. The van der Waals surface area contributed by atoms with Gasteiger partial charge in [-0.2, -0.15) is 11.8 Å². The van der Waals surface area contributed by atoms with Crippen molar-refractivity contribution in [3.8, 4) is 5.75 Å². The molecule has 0 saturated heterocycles. The molecule has 1 aromatic carbocycles. The number of carboxylic acids is 1. The fourth-order valence-electron chi connectivity index (χ4n) is 1.30. The van der Waals surface area contributed by atoms with Crippen LogP contribution >= 0.6 is 11.8 Å².